The molecule has 0 aliphatic rings. The van der Waals surface area contributed by atoms with E-state index in [1.165, 1.54) is 23.8 Å². The van der Waals surface area contributed by atoms with E-state index in [1.807, 2.05) is 30.3 Å². The average molecular weight is 283 g/mol. The molecular weight excluding hydrogens is 265 g/mol. The van der Waals surface area contributed by atoms with Gasteiger partial charge in [0, 0.05) is 18.2 Å². The maximum Gasteiger partial charge on any atom is 0.244 e. The smallest absolute Gasteiger partial charge is 0.244 e. The number of nitrogens with one attached hydrogen (secondary N) is 1. The van der Waals surface area contributed by atoms with E-state index in [2.05, 4.69) is 12.2 Å². The molecule has 0 aromatic heterocycles. The number of rotatable bonds is 5. The molecular formula is C18H18FNO. The molecule has 2 aromatic carbocycles. The van der Waals surface area contributed by atoms with Crippen LogP contribution in [0.15, 0.2) is 60.7 Å². The minimum absolute atomic E-state index is 0.221. The summed E-state index contributed by atoms with van der Waals surface area (Å²) in [5, 5.41) is 2.82. The van der Waals surface area contributed by atoms with E-state index in [0.717, 1.165) is 0 Å². The first-order valence-electron chi connectivity index (χ1n) is 6.92. The van der Waals surface area contributed by atoms with Crippen LogP contribution in [0.4, 0.5) is 4.39 Å². The molecule has 0 bridgehead atoms. The van der Waals surface area contributed by atoms with E-state index in [9.17, 15) is 9.18 Å². The maximum atomic E-state index is 13.4. The Kier molecular flexibility index (Phi) is 5.27. The summed E-state index contributed by atoms with van der Waals surface area (Å²) in [5.41, 5.74) is 1.58. The quantitative estimate of drug-likeness (QED) is 0.832. The number of carbonyl (C=O) groups is 1. The van der Waals surface area contributed by atoms with Crippen LogP contribution in [-0.4, -0.2) is 12.5 Å². The van der Waals surface area contributed by atoms with Gasteiger partial charge in [0.15, 0.2) is 0 Å². The number of halogens is 1. The van der Waals surface area contributed by atoms with Crippen LogP contribution < -0.4 is 5.32 Å². The fourth-order valence-electron chi connectivity index (χ4n) is 1.99. The van der Waals surface area contributed by atoms with Crippen molar-refractivity contribution in [2.45, 2.75) is 12.8 Å². The fourth-order valence-corrected chi connectivity index (χ4v) is 1.99. The second kappa shape index (κ2) is 7.39. The van der Waals surface area contributed by atoms with Gasteiger partial charge in [0.05, 0.1) is 0 Å². The molecule has 0 aliphatic carbocycles. The molecule has 2 aromatic rings. The average Bonchev–Trinajstić information content (AvgIpc) is 2.52. The summed E-state index contributed by atoms with van der Waals surface area (Å²) in [7, 11) is 0. The van der Waals surface area contributed by atoms with Gasteiger partial charge in [0.1, 0.15) is 5.82 Å². The molecule has 0 aliphatic heterocycles. The van der Waals surface area contributed by atoms with Gasteiger partial charge in [-0.2, -0.15) is 0 Å². The highest BCUT2D eigenvalue weighted by Crippen LogP contribution is 2.13. The molecule has 0 unspecified atom stereocenters. The maximum absolute atomic E-state index is 13.4. The van der Waals surface area contributed by atoms with Crippen LogP contribution >= 0.6 is 0 Å². The monoisotopic (exact) mass is 283 g/mol. The summed E-state index contributed by atoms with van der Waals surface area (Å²) in [6.45, 7) is 2.60. The Morgan fingerprint density at radius 1 is 1.14 bits per heavy atom. The molecule has 3 heteroatoms. The SMILES string of the molecule is C[C@@H](CNC(=O)/C=C/c1ccccc1F)c1ccccc1. The van der Waals surface area contributed by atoms with Crippen molar-refractivity contribution in [2.24, 2.45) is 0 Å². The lowest BCUT2D eigenvalue weighted by Crippen LogP contribution is -2.25. The number of amides is 1. The van der Waals surface area contributed by atoms with Gasteiger partial charge >= 0.3 is 0 Å². The van der Waals surface area contributed by atoms with Crippen molar-refractivity contribution < 1.29 is 9.18 Å². The van der Waals surface area contributed by atoms with Crippen molar-refractivity contribution in [1.29, 1.82) is 0 Å². The lowest BCUT2D eigenvalue weighted by molar-refractivity contribution is -0.116. The zero-order chi connectivity index (χ0) is 15.1. The largest absolute Gasteiger partial charge is 0.352 e. The highest BCUT2D eigenvalue weighted by atomic mass is 19.1. The van der Waals surface area contributed by atoms with Gasteiger partial charge in [-0.25, -0.2) is 4.39 Å². The second-order valence-electron chi connectivity index (χ2n) is 4.91. The number of hydrogen-bond donors (Lipinski definition) is 1. The molecule has 108 valence electrons. The summed E-state index contributed by atoms with van der Waals surface area (Å²) in [6, 6.07) is 16.3. The third-order valence-electron chi connectivity index (χ3n) is 3.27. The van der Waals surface area contributed by atoms with Crippen LogP contribution in [0.3, 0.4) is 0 Å². The fraction of sp³-hybridized carbons (Fsp3) is 0.167. The molecule has 1 N–H and O–H groups in total. The van der Waals surface area contributed by atoms with Crippen molar-refractivity contribution in [1.82, 2.24) is 5.32 Å². The van der Waals surface area contributed by atoms with Crippen molar-refractivity contribution in [2.75, 3.05) is 6.54 Å². The predicted molar refractivity (Wildman–Crippen MR) is 83.3 cm³/mol. The summed E-state index contributed by atoms with van der Waals surface area (Å²) in [4.78, 5) is 11.7. The van der Waals surface area contributed by atoms with Gasteiger partial charge < -0.3 is 5.32 Å². The minimum atomic E-state index is -0.334. The first-order chi connectivity index (χ1) is 10.2. The van der Waals surface area contributed by atoms with Crippen LogP contribution in [-0.2, 0) is 4.79 Å². The predicted octanol–water partition coefficient (Wildman–Crippen LogP) is 3.76. The summed E-state index contributed by atoms with van der Waals surface area (Å²) >= 11 is 0. The van der Waals surface area contributed by atoms with Gasteiger partial charge in [0.25, 0.3) is 0 Å². The molecule has 0 radical (unpaired) electrons. The Balaban J connectivity index is 1.87. The standard InChI is InChI=1S/C18H18FNO/c1-14(15-7-3-2-4-8-15)13-20-18(21)12-11-16-9-5-6-10-17(16)19/h2-12,14H,13H2,1H3,(H,20,21)/b12-11+/t14-/m0/s1. The lowest BCUT2D eigenvalue weighted by atomic mass is 10.0. The highest BCUT2D eigenvalue weighted by Gasteiger charge is 2.05. The molecule has 21 heavy (non-hydrogen) atoms. The Hall–Kier alpha value is -2.42. The van der Waals surface area contributed by atoms with Crippen LogP contribution in [0.2, 0.25) is 0 Å². The zero-order valence-electron chi connectivity index (χ0n) is 11.9. The Bertz CT molecular complexity index is 622. The van der Waals surface area contributed by atoms with Crippen molar-refractivity contribution in [3.05, 3.63) is 77.6 Å². The Labute approximate surface area is 124 Å². The Morgan fingerprint density at radius 2 is 1.81 bits per heavy atom. The van der Waals surface area contributed by atoms with E-state index in [0.29, 0.717) is 12.1 Å². The third kappa shape index (κ3) is 4.56. The van der Waals surface area contributed by atoms with Gasteiger partial charge in [-0.1, -0.05) is 55.5 Å². The minimum Gasteiger partial charge on any atom is -0.352 e. The van der Waals surface area contributed by atoms with E-state index in [-0.39, 0.29) is 17.6 Å². The number of carbonyl (C=O) groups excluding carboxylic acids is 1. The second-order valence-corrected chi connectivity index (χ2v) is 4.91. The van der Waals surface area contributed by atoms with E-state index in [1.54, 1.807) is 18.2 Å². The molecule has 0 spiro atoms. The first-order valence-corrected chi connectivity index (χ1v) is 6.92. The van der Waals surface area contributed by atoms with Gasteiger partial charge in [-0.15, -0.1) is 0 Å². The van der Waals surface area contributed by atoms with Crippen molar-refractivity contribution in [3.63, 3.8) is 0 Å². The third-order valence-corrected chi connectivity index (χ3v) is 3.27. The number of hydrogen-bond acceptors (Lipinski definition) is 1. The van der Waals surface area contributed by atoms with Crippen molar-refractivity contribution in [3.8, 4) is 0 Å². The van der Waals surface area contributed by atoms with Gasteiger partial charge in [-0.05, 0) is 23.6 Å². The van der Waals surface area contributed by atoms with Crippen LogP contribution in [0.5, 0.6) is 0 Å². The van der Waals surface area contributed by atoms with Gasteiger partial charge in [-0.3, -0.25) is 4.79 Å². The molecule has 2 rings (SSSR count). The topological polar surface area (TPSA) is 29.1 Å². The van der Waals surface area contributed by atoms with Crippen LogP contribution in [0.25, 0.3) is 6.08 Å². The van der Waals surface area contributed by atoms with Crippen molar-refractivity contribution >= 4 is 12.0 Å². The molecule has 0 heterocycles. The normalized spacial score (nSPS) is 12.3. The summed E-state index contributed by atoms with van der Waals surface area (Å²) < 4.78 is 13.4. The molecule has 1 atom stereocenters. The van der Waals surface area contributed by atoms with E-state index < -0.39 is 0 Å². The summed E-state index contributed by atoms with van der Waals surface area (Å²) in [5.74, 6) is -0.322. The summed E-state index contributed by atoms with van der Waals surface area (Å²) in [6.07, 6.45) is 2.84. The zero-order valence-corrected chi connectivity index (χ0v) is 11.9. The van der Waals surface area contributed by atoms with Crippen LogP contribution in [0, 0.1) is 5.82 Å². The lowest BCUT2D eigenvalue weighted by Gasteiger charge is -2.11. The Morgan fingerprint density at radius 3 is 2.52 bits per heavy atom. The molecule has 2 nitrogen and oxygen atoms in total. The molecule has 1 amide bonds. The first kappa shape index (κ1) is 15.0. The molecule has 0 saturated carbocycles. The number of benzene rings is 2. The van der Waals surface area contributed by atoms with E-state index in [4.69, 9.17) is 0 Å². The van der Waals surface area contributed by atoms with Gasteiger partial charge in [0.2, 0.25) is 5.91 Å². The molecule has 0 fully saturated rings. The van der Waals surface area contributed by atoms with E-state index >= 15 is 0 Å². The molecule has 0 saturated heterocycles. The van der Waals surface area contributed by atoms with Crippen LogP contribution in [0.1, 0.15) is 24.0 Å². The highest BCUT2D eigenvalue weighted by molar-refractivity contribution is 5.91.